The van der Waals surface area contributed by atoms with Gasteiger partial charge in [0.05, 0.1) is 13.2 Å². The fourth-order valence-corrected chi connectivity index (χ4v) is 22.1. The minimum atomic E-state index is -7.51. The number of rotatable bonds is 12. The Morgan fingerprint density at radius 1 is 0.480 bits per heavy atom. The Hall–Kier alpha value is 10.9. The first-order chi connectivity index (χ1) is 18.7. The molecule has 1 aliphatic heterocycles. The van der Waals surface area contributed by atoms with Gasteiger partial charge in [0.25, 0.3) is 22.1 Å². The van der Waals surface area contributed by atoms with Crippen molar-refractivity contribution in [3.8, 4) is 0 Å². The molecule has 278 valence electrons. The zero-order valence-corrected chi connectivity index (χ0v) is 28.7. The molecule has 1 heterocycles. The van der Waals surface area contributed by atoms with Gasteiger partial charge in [-0.1, -0.05) is 12.8 Å². The van der Waals surface area contributed by atoms with Crippen LogP contribution in [0.1, 0.15) is 25.7 Å². The van der Waals surface area contributed by atoms with Crippen LogP contribution in [0.5, 0.6) is 0 Å². The van der Waals surface area contributed by atoms with Gasteiger partial charge in [0.2, 0.25) is 7.60 Å². The second-order valence-electron chi connectivity index (χ2n) is 9.00. The van der Waals surface area contributed by atoms with Crippen molar-refractivity contribution in [1.29, 1.82) is 0 Å². The quantitative estimate of drug-likeness (QED) is 0.0493. The molecule has 1 fully saturated rings. The molecule has 0 radical (unpaired) electrons. The topological polar surface area (TPSA) is 476 Å². The average Bonchev–Trinajstić information content (AvgIpc) is 2.71. The molecule has 0 aromatic rings. The standard InChI is InChI=1S/C10H29NO24P8.6K.H3N.6H/c12-36(13,14)7(37(15,16)17)11(8(38(18,19)20)39(21,22)23,9(40(24,25)26)41(27,28)29)10(42(30,31)32)43(33)34-5-3-1-2-4-6-35-43;;;;;;;;;;;;;/h7-10H,1-6H2,(H13-,12,13,14,15,16,17,18,19,20,21,22,23,24,25,26,27,28,29,30,31,32);;;;;;;1H3;;;;;;. The molecule has 2 unspecified atom stereocenters. The molecular weight excluding hydrogens is 1010 g/mol. The van der Waals surface area contributed by atoms with Crippen LogP contribution in [0.15, 0.2) is 0 Å². The van der Waals surface area contributed by atoms with E-state index >= 15 is 0 Å². The molecule has 1 aliphatic rings. The molecule has 0 spiro atoms. The Morgan fingerprint density at radius 3 is 0.840 bits per heavy atom. The normalized spacial score (nSPS) is 18.3. The molecular formula is C10H38K6N2O24P8. The molecule has 0 amide bonds. The van der Waals surface area contributed by atoms with Crippen molar-refractivity contribution in [2.75, 3.05) is 13.2 Å². The molecule has 1 rings (SSSR count). The summed E-state index contributed by atoms with van der Waals surface area (Å²) in [6, 6.07) is 0. The van der Waals surface area contributed by atoms with E-state index in [1.165, 1.54) is 0 Å². The van der Waals surface area contributed by atoms with Crippen LogP contribution in [-0.4, -0.2) is 412 Å². The number of hydrogen-bond donors (Lipinski definition) is 14. The van der Waals surface area contributed by atoms with Gasteiger partial charge in [-0.3, -0.25) is 32.0 Å². The summed E-state index contributed by atoms with van der Waals surface area (Å²) >= 11 is 0. The van der Waals surface area contributed by atoms with Gasteiger partial charge >= 0.3 is 361 Å². The Bertz CT molecular complexity index is 1230. The summed E-state index contributed by atoms with van der Waals surface area (Å²) in [6.07, 6.45) is -0.264. The minimum absolute atomic E-state index is 0. The summed E-state index contributed by atoms with van der Waals surface area (Å²) in [4.78, 5) is 143. The van der Waals surface area contributed by atoms with Crippen molar-refractivity contribution < 1.29 is 119 Å². The second kappa shape index (κ2) is 28.9. The molecule has 1 saturated heterocycles. The van der Waals surface area contributed by atoms with E-state index in [0.29, 0.717) is 0 Å². The van der Waals surface area contributed by atoms with E-state index in [9.17, 15) is 105 Å². The first-order valence-corrected chi connectivity index (χ1v) is 24.1. The number of hydrogen-bond acceptors (Lipinski definition) is 12. The summed E-state index contributed by atoms with van der Waals surface area (Å²) in [6.45, 7) is -2.09. The van der Waals surface area contributed by atoms with Crippen LogP contribution in [0.4, 0.5) is 0 Å². The predicted molar refractivity (Wildman–Crippen MR) is 183 cm³/mol. The van der Waals surface area contributed by atoms with Gasteiger partial charge in [-0.25, -0.2) is 4.48 Å². The molecule has 0 bridgehead atoms. The van der Waals surface area contributed by atoms with Crippen LogP contribution in [0, 0.1) is 0 Å². The molecule has 50 heavy (non-hydrogen) atoms. The fraction of sp³-hybridized carbons (Fsp3) is 1.00. The zero-order chi connectivity index (χ0) is 34.5. The van der Waals surface area contributed by atoms with Gasteiger partial charge in [0.1, 0.15) is 0 Å². The summed E-state index contributed by atoms with van der Waals surface area (Å²) in [5.41, 5.74) is -19.9. The fourth-order valence-electron chi connectivity index (χ4n) is 4.65. The molecule has 40 heteroatoms. The SMILES string of the molecule is N.O=P([O-])(O)C([N+](C(P(=O)(O)O)P(=O)(O)O)(C(P(=O)(O)O)P(=O)(O)O)C(P(=O)(O)O)P(=O)(O)O)P1(=O)OCCCCCCO1.[KH].[KH].[KH].[KH].[KH].[KH]. The van der Waals surface area contributed by atoms with Gasteiger partial charge in [0, 0.05) is 0 Å². The Balaban J connectivity index is -0.000000528. The van der Waals surface area contributed by atoms with Crippen molar-refractivity contribution in [3.05, 3.63) is 0 Å². The number of quaternary nitrogens is 1. The van der Waals surface area contributed by atoms with Crippen molar-refractivity contribution in [2.45, 2.75) is 47.8 Å². The van der Waals surface area contributed by atoms with Crippen molar-refractivity contribution in [2.24, 2.45) is 0 Å². The summed E-state index contributed by atoms with van der Waals surface area (Å²) < 4.78 is 108. The summed E-state index contributed by atoms with van der Waals surface area (Å²) in [5.74, 6) is 0. The average molecular weight is 1050 g/mol. The molecule has 2 atom stereocenters. The van der Waals surface area contributed by atoms with Crippen LogP contribution in [0.25, 0.3) is 0 Å². The summed E-state index contributed by atoms with van der Waals surface area (Å²) in [5, 5.41) is 0. The van der Waals surface area contributed by atoms with E-state index in [2.05, 4.69) is 0 Å². The number of nitrogens with zero attached hydrogens (tertiary/aromatic N) is 1. The van der Waals surface area contributed by atoms with Crippen LogP contribution in [0.3, 0.4) is 0 Å². The van der Waals surface area contributed by atoms with Gasteiger partial charge in [-0.05, 0) is 12.8 Å². The first-order valence-electron chi connectivity index (χ1n) is 10.8. The van der Waals surface area contributed by atoms with Crippen molar-refractivity contribution in [3.63, 3.8) is 0 Å². The van der Waals surface area contributed by atoms with Crippen LogP contribution in [-0.2, 0) is 45.6 Å². The third-order valence-corrected chi connectivity index (χ3v) is 21.7. The van der Waals surface area contributed by atoms with E-state index in [1.807, 2.05) is 0 Å². The molecule has 0 aromatic heterocycles. The van der Waals surface area contributed by atoms with Gasteiger partial charge in [-0.15, -0.1) is 0 Å². The second-order valence-corrected chi connectivity index (χ2v) is 24.3. The van der Waals surface area contributed by atoms with Gasteiger partial charge < -0.3 is 88.3 Å². The van der Waals surface area contributed by atoms with Crippen LogP contribution >= 0.6 is 60.8 Å². The molecule has 0 aliphatic carbocycles. The monoisotopic (exact) mass is 1050 g/mol. The van der Waals surface area contributed by atoms with Crippen molar-refractivity contribution >= 4 is 369 Å². The molecule has 0 aromatic carbocycles. The van der Waals surface area contributed by atoms with Crippen LogP contribution < -0.4 is 11.0 Å². The summed E-state index contributed by atoms with van der Waals surface area (Å²) in [7, 11) is -58.5. The maximum absolute atomic E-state index is 14.1. The Morgan fingerprint density at radius 2 is 0.680 bits per heavy atom. The van der Waals surface area contributed by atoms with E-state index in [1.54, 1.807) is 0 Å². The first kappa shape index (κ1) is 75.2. The predicted octanol–water partition coefficient (Wildman–Crippen LogP) is -5.38. The van der Waals surface area contributed by atoms with Gasteiger partial charge in [-0.2, -0.15) is 0 Å². The third-order valence-electron chi connectivity index (χ3n) is 5.56. The zero-order valence-electron chi connectivity index (χ0n) is 21.6. The molecule has 16 N–H and O–H groups in total. The van der Waals surface area contributed by atoms with Crippen LogP contribution in [0.2, 0.25) is 0 Å². The van der Waals surface area contributed by atoms with E-state index < -0.39 is 101 Å². The van der Waals surface area contributed by atoms with E-state index in [4.69, 9.17) is 9.05 Å². The van der Waals surface area contributed by atoms with Gasteiger partial charge in [0.15, 0.2) is 0 Å². The van der Waals surface area contributed by atoms with E-state index in [-0.39, 0.29) is 340 Å². The van der Waals surface area contributed by atoms with E-state index in [0.717, 1.165) is 0 Å². The van der Waals surface area contributed by atoms with Crippen molar-refractivity contribution in [1.82, 2.24) is 6.15 Å². The Labute approximate surface area is 540 Å². The maximum atomic E-state index is 14.1. The molecule has 26 nitrogen and oxygen atoms in total. The molecule has 0 saturated carbocycles. The third kappa shape index (κ3) is 21.5. The Kier molecular flexibility index (Phi) is 43.4.